The third-order valence-electron chi connectivity index (χ3n) is 3.69. The first-order chi connectivity index (χ1) is 6.62. The van der Waals surface area contributed by atoms with E-state index in [1.807, 2.05) is 0 Å². The molecule has 3 nitrogen and oxygen atoms in total. The molecule has 2 N–H and O–H groups in total. The highest BCUT2D eigenvalue weighted by molar-refractivity contribution is 7.92. The second kappa shape index (κ2) is 3.81. The fourth-order valence-corrected chi connectivity index (χ4v) is 5.43. The highest BCUT2D eigenvalue weighted by atomic mass is 32.2. The molecule has 2 aliphatic rings. The molecule has 0 spiro atoms. The molecule has 2 saturated carbocycles. The number of hydrogen-bond acceptors (Lipinski definition) is 3. The lowest BCUT2D eigenvalue weighted by atomic mass is 10.3. The summed E-state index contributed by atoms with van der Waals surface area (Å²) in [6.07, 6.45) is 6.54. The van der Waals surface area contributed by atoms with Crippen LogP contribution in [0.2, 0.25) is 0 Å². The molecule has 0 heterocycles. The van der Waals surface area contributed by atoms with Crippen molar-refractivity contribution < 1.29 is 8.42 Å². The van der Waals surface area contributed by atoms with Crippen molar-refractivity contribution in [2.75, 3.05) is 0 Å². The van der Waals surface area contributed by atoms with Gasteiger partial charge in [-0.05, 0) is 25.7 Å². The predicted molar refractivity (Wildman–Crippen MR) is 56.8 cm³/mol. The van der Waals surface area contributed by atoms with E-state index in [2.05, 4.69) is 0 Å². The number of hydrogen-bond donors (Lipinski definition) is 1. The summed E-state index contributed by atoms with van der Waals surface area (Å²) in [6.45, 7) is 0. The Morgan fingerprint density at radius 3 is 2.07 bits per heavy atom. The third kappa shape index (κ3) is 1.70. The lowest BCUT2D eigenvalue weighted by Crippen LogP contribution is -2.40. The van der Waals surface area contributed by atoms with Crippen LogP contribution in [-0.4, -0.2) is 25.0 Å². The highest BCUT2D eigenvalue weighted by Gasteiger charge is 2.40. The maximum Gasteiger partial charge on any atom is 0.157 e. The molecule has 14 heavy (non-hydrogen) atoms. The topological polar surface area (TPSA) is 60.2 Å². The summed E-state index contributed by atoms with van der Waals surface area (Å²) in [5, 5.41) is -0.303. The van der Waals surface area contributed by atoms with Gasteiger partial charge in [0.15, 0.2) is 9.84 Å². The molecule has 0 saturated heterocycles. The lowest BCUT2D eigenvalue weighted by molar-refractivity contribution is 0.552. The highest BCUT2D eigenvalue weighted by Crippen LogP contribution is 2.33. The van der Waals surface area contributed by atoms with Crippen LogP contribution in [0.15, 0.2) is 0 Å². The molecule has 0 aliphatic heterocycles. The van der Waals surface area contributed by atoms with Gasteiger partial charge in [0.2, 0.25) is 0 Å². The zero-order valence-electron chi connectivity index (χ0n) is 8.48. The fraction of sp³-hybridized carbons (Fsp3) is 1.00. The number of nitrogens with two attached hydrogens (primary N) is 1. The molecular weight excluding hydrogens is 198 g/mol. The molecule has 0 aromatic rings. The summed E-state index contributed by atoms with van der Waals surface area (Å²) in [7, 11) is -2.91. The Hall–Kier alpha value is -0.0900. The molecule has 0 amide bonds. The van der Waals surface area contributed by atoms with Gasteiger partial charge in [-0.15, -0.1) is 0 Å². The Morgan fingerprint density at radius 2 is 1.57 bits per heavy atom. The summed E-state index contributed by atoms with van der Waals surface area (Å²) in [5.74, 6) is 0. The van der Waals surface area contributed by atoms with Crippen molar-refractivity contribution in [2.45, 2.75) is 61.5 Å². The molecule has 2 aliphatic carbocycles. The minimum Gasteiger partial charge on any atom is -0.327 e. The second-order valence-electron chi connectivity index (χ2n) is 4.63. The van der Waals surface area contributed by atoms with Gasteiger partial charge in [-0.3, -0.25) is 0 Å². The molecule has 2 atom stereocenters. The van der Waals surface area contributed by atoms with Crippen LogP contribution in [0.3, 0.4) is 0 Å². The summed E-state index contributed by atoms with van der Waals surface area (Å²) < 4.78 is 24.3. The SMILES string of the molecule is NC1CCCC1S(=O)(=O)C1CCCC1. The van der Waals surface area contributed by atoms with Crippen molar-refractivity contribution in [3.05, 3.63) is 0 Å². The molecule has 82 valence electrons. The first-order valence-electron chi connectivity index (χ1n) is 5.60. The Bertz CT molecular complexity index is 293. The first-order valence-corrected chi connectivity index (χ1v) is 7.21. The van der Waals surface area contributed by atoms with Crippen molar-refractivity contribution in [2.24, 2.45) is 5.73 Å². The summed E-state index contributed by atoms with van der Waals surface area (Å²) in [4.78, 5) is 0. The number of sulfone groups is 1. The molecule has 0 aromatic heterocycles. The van der Waals surface area contributed by atoms with Gasteiger partial charge >= 0.3 is 0 Å². The zero-order chi connectivity index (χ0) is 10.2. The van der Waals surface area contributed by atoms with E-state index < -0.39 is 9.84 Å². The molecule has 2 rings (SSSR count). The second-order valence-corrected chi connectivity index (χ2v) is 7.08. The lowest BCUT2D eigenvalue weighted by Gasteiger charge is -2.20. The van der Waals surface area contributed by atoms with E-state index in [1.165, 1.54) is 0 Å². The van der Waals surface area contributed by atoms with Crippen molar-refractivity contribution in [3.8, 4) is 0 Å². The van der Waals surface area contributed by atoms with Gasteiger partial charge in [0.1, 0.15) is 0 Å². The van der Waals surface area contributed by atoms with Crippen molar-refractivity contribution in [3.63, 3.8) is 0 Å². The smallest absolute Gasteiger partial charge is 0.157 e. The largest absolute Gasteiger partial charge is 0.327 e. The molecular formula is C10H19NO2S. The summed E-state index contributed by atoms with van der Waals surface area (Å²) in [6, 6.07) is -0.0967. The van der Waals surface area contributed by atoms with E-state index in [9.17, 15) is 8.42 Å². The van der Waals surface area contributed by atoms with E-state index in [0.717, 1.165) is 44.9 Å². The minimum atomic E-state index is -2.91. The zero-order valence-corrected chi connectivity index (χ0v) is 9.30. The first kappa shape index (κ1) is 10.4. The van der Waals surface area contributed by atoms with Crippen LogP contribution in [0.1, 0.15) is 44.9 Å². The monoisotopic (exact) mass is 217 g/mol. The van der Waals surface area contributed by atoms with Gasteiger partial charge in [0.05, 0.1) is 10.5 Å². The van der Waals surface area contributed by atoms with Gasteiger partial charge in [0.25, 0.3) is 0 Å². The minimum absolute atomic E-state index is 0.0725. The van der Waals surface area contributed by atoms with Gasteiger partial charge in [-0.25, -0.2) is 8.42 Å². The molecule has 2 unspecified atom stereocenters. The summed E-state index contributed by atoms with van der Waals surface area (Å²) >= 11 is 0. The van der Waals surface area contributed by atoms with Crippen molar-refractivity contribution >= 4 is 9.84 Å². The Kier molecular flexibility index (Phi) is 2.84. The van der Waals surface area contributed by atoms with Gasteiger partial charge < -0.3 is 5.73 Å². The Labute approximate surface area is 86.0 Å². The van der Waals surface area contributed by atoms with Crippen LogP contribution in [0.25, 0.3) is 0 Å². The number of rotatable bonds is 2. The van der Waals surface area contributed by atoms with E-state index in [0.29, 0.717) is 0 Å². The van der Waals surface area contributed by atoms with Crippen molar-refractivity contribution in [1.29, 1.82) is 0 Å². The van der Waals surface area contributed by atoms with E-state index in [4.69, 9.17) is 5.73 Å². The molecule has 0 radical (unpaired) electrons. The van der Waals surface area contributed by atoms with Crippen LogP contribution in [0.4, 0.5) is 0 Å². The third-order valence-corrected chi connectivity index (χ3v) is 6.52. The van der Waals surface area contributed by atoms with Crippen LogP contribution < -0.4 is 5.73 Å². The average molecular weight is 217 g/mol. The van der Waals surface area contributed by atoms with E-state index in [-0.39, 0.29) is 16.5 Å². The van der Waals surface area contributed by atoms with Crippen LogP contribution in [0, 0.1) is 0 Å². The molecule has 4 heteroatoms. The molecule has 0 bridgehead atoms. The van der Waals surface area contributed by atoms with E-state index >= 15 is 0 Å². The van der Waals surface area contributed by atoms with Crippen LogP contribution in [0.5, 0.6) is 0 Å². The predicted octanol–water partition coefficient (Wildman–Crippen LogP) is 1.22. The average Bonchev–Trinajstić information content (AvgIpc) is 2.72. The molecule has 0 aromatic carbocycles. The van der Waals surface area contributed by atoms with Crippen molar-refractivity contribution in [1.82, 2.24) is 0 Å². The quantitative estimate of drug-likeness (QED) is 0.756. The van der Waals surface area contributed by atoms with Crippen LogP contribution >= 0.6 is 0 Å². The maximum atomic E-state index is 12.2. The van der Waals surface area contributed by atoms with Gasteiger partial charge in [-0.2, -0.15) is 0 Å². The Morgan fingerprint density at radius 1 is 0.929 bits per heavy atom. The van der Waals surface area contributed by atoms with Gasteiger partial charge in [-0.1, -0.05) is 19.3 Å². The van der Waals surface area contributed by atoms with Gasteiger partial charge in [0, 0.05) is 6.04 Å². The van der Waals surface area contributed by atoms with E-state index in [1.54, 1.807) is 0 Å². The fourth-order valence-electron chi connectivity index (χ4n) is 2.83. The maximum absolute atomic E-state index is 12.2. The normalized spacial score (nSPS) is 35.2. The Balaban J connectivity index is 2.14. The molecule has 2 fully saturated rings. The summed E-state index contributed by atoms with van der Waals surface area (Å²) in [5.41, 5.74) is 5.85. The van der Waals surface area contributed by atoms with Crippen LogP contribution in [-0.2, 0) is 9.84 Å². The standard InChI is InChI=1S/C10H19NO2S/c11-9-6-3-7-10(9)14(12,13)8-4-1-2-5-8/h8-10H,1-7,11H2.